The molecular formula is C12H15NO3S2. The summed E-state index contributed by atoms with van der Waals surface area (Å²) in [5.74, 6) is -0.0982. The number of rotatable bonds is 6. The van der Waals surface area contributed by atoms with E-state index in [-0.39, 0.29) is 18.6 Å². The van der Waals surface area contributed by atoms with Gasteiger partial charge in [-0.3, -0.25) is 4.79 Å². The van der Waals surface area contributed by atoms with E-state index < -0.39 is 0 Å². The van der Waals surface area contributed by atoms with E-state index in [0.29, 0.717) is 17.9 Å². The van der Waals surface area contributed by atoms with Gasteiger partial charge in [0.25, 0.3) is 5.91 Å². The standard InChI is InChI=1S/C12H15NO3S2/c1-16-7-8(2-4-14)13-12(15)11-6-10-9(18-11)3-5-17-10/h3,5-6,8,14H,2,4,7H2,1H3,(H,13,15). The lowest BCUT2D eigenvalue weighted by Crippen LogP contribution is -2.38. The number of aliphatic hydroxyl groups excluding tert-OH is 1. The summed E-state index contributed by atoms with van der Waals surface area (Å²) in [4.78, 5) is 12.7. The van der Waals surface area contributed by atoms with Crippen LogP contribution in [0.3, 0.4) is 0 Å². The Bertz CT molecular complexity index is 486. The SMILES string of the molecule is COCC(CCO)NC(=O)c1cc2sccc2s1. The van der Waals surface area contributed by atoms with Crippen LogP contribution in [0.2, 0.25) is 0 Å². The van der Waals surface area contributed by atoms with Crippen molar-refractivity contribution in [2.75, 3.05) is 20.3 Å². The molecule has 6 heteroatoms. The van der Waals surface area contributed by atoms with Crippen molar-refractivity contribution in [3.05, 3.63) is 22.4 Å². The summed E-state index contributed by atoms with van der Waals surface area (Å²) in [5.41, 5.74) is 0. The number of thiophene rings is 2. The van der Waals surface area contributed by atoms with Gasteiger partial charge in [0.05, 0.1) is 17.5 Å². The van der Waals surface area contributed by atoms with Crippen LogP contribution in [0, 0.1) is 0 Å². The smallest absolute Gasteiger partial charge is 0.261 e. The zero-order valence-corrected chi connectivity index (χ0v) is 11.6. The lowest BCUT2D eigenvalue weighted by Gasteiger charge is -2.15. The molecule has 98 valence electrons. The summed E-state index contributed by atoms with van der Waals surface area (Å²) < 4.78 is 7.29. The van der Waals surface area contributed by atoms with Gasteiger partial charge in [0.2, 0.25) is 0 Å². The minimum absolute atomic E-state index is 0.0356. The zero-order valence-electron chi connectivity index (χ0n) is 10.0. The van der Waals surface area contributed by atoms with Crippen LogP contribution in [-0.4, -0.2) is 37.4 Å². The topological polar surface area (TPSA) is 58.6 Å². The maximum Gasteiger partial charge on any atom is 0.261 e. The average molecular weight is 285 g/mol. The second-order valence-corrected chi connectivity index (χ2v) is 5.93. The van der Waals surface area contributed by atoms with Gasteiger partial charge in [-0.2, -0.15) is 0 Å². The van der Waals surface area contributed by atoms with E-state index in [1.165, 1.54) is 11.3 Å². The molecule has 2 heterocycles. The normalized spacial score (nSPS) is 12.8. The molecule has 18 heavy (non-hydrogen) atoms. The molecule has 1 atom stereocenters. The number of hydrogen-bond acceptors (Lipinski definition) is 5. The fraction of sp³-hybridized carbons (Fsp3) is 0.417. The summed E-state index contributed by atoms with van der Waals surface area (Å²) in [5, 5.41) is 13.8. The molecule has 0 aliphatic carbocycles. The van der Waals surface area contributed by atoms with Crippen molar-refractivity contribution < 1.29 is 14.6 Å². The fourth-order valence-electron chi connectivity index (χ4n) is 1.69. The molecule has 0 aromatic carbocycles. The summed E-state index contributed by atoms with van der Waals surface area (Å²) in [6.07, 6.45) is 0.499. The van der Waals surface area contributed by atoms with E-state index in [0.717, 1.165) is 9.40 Å². The summed E-state index contributed by atoms with van der Waals surface area (Å²) >= 11 is 3.12. The molecule has 1 unspecified atom stereocenters. The number of aliphatic hydroxyl groups is 1. The largest absolute Gasteiger partial charge is 0.396 e. The van der Waals surface area contributed by atoms with Crippen molar-refractivity contribution in [2.24, 2.45) is 0 Å². The number of hydrogen-bond donors (Lipinski definition) is 2. The number of carbonyl (C=O) groups is 1. The van der Waals surface area contributed by atoms with Crippen molar-refractivity contribution in [1.82, 2.24) is 5.32 Å². The van der Waals surface area contributed by atoms with E-state index in [1.807, 2.05) is 17.5 Å². The maximum absolute atomic E-state index is 12.0. The highest BCUT2D eigenvalue weighted by molar-refractivity contribution is 7.27. The number of nitrogens with one attached hydrogen (secondary N) is 1. The second kappa shape index (κ2) is 6.29. The molecule has 4 nitrogen and oxygen atoms in total. The third kappa shape index (κ3) is 3.08. The molecule has 0 spiro atoms. The molecule has 0 radical (unpaired) electrons. The molecule has 0 aliphatic rings. The van der Waals surface area contributed by atoms with Crippen LogP contribution < -0.4 is 5.32 Å². The highest BCUT2D eigenvalue weighted by Gasteiger charge is 2.15. The van der Waals surface area contributed by atoms with E-state index in [9.17, 15) is 4.79 Å². The van der Waals surface area contributed by atoms with Crippen LogP contribution in [-0.2, 0) is 4.74 Å². The van der Waals surface area contributed by atoms with Gasteiger partial charge in [0.15, 0.2) is 0 Å². The van der Waals surface area contributed by atoms with Crippen molar-refractivity contribution in [1.29, 1.82) is 0 Å². The third-order valence-electron chi connectivity index (χ3n) is 2.54. The molecule has 2 aromatic rings. The Kier molecular flexibility index (Phi) is 4.71. The highest BCUT2D eigenvalue weighted by atomic mass is 32.1. The van der Waals surface area contributed by atoms with Gasteiger partial charge in [-0.1, -0.05) is 0 Å². The molecule has 2 rings (SSSR count). The first-order valence-electron chi connectivity index (χ1n) is 5.62. The highest BCUT2D eigenvalue weighted by Crippen LogP contribution is 2.29. The first-order valence-corrected chi connectivity index (χ1v) is 7.32. The van der Waals surface area contributed by atoms with E-state index in [1.54, 1.807) is 18.4 Å². The molecule has 1 amide bonds. The van der Waals surface area contributed by atoms with Gasteiger partial charge in [-0.05, 0) is 23.9 Å². The Labute approximate surface area is 113 Å². The van der Waals surface area contributed by atoms with Crippen molar-refractivity contribution >= 4 is 38.0 Å². The fourth-order valence-corrected chi connectivity index (χ4v) is 3.70. The molecule has 0 aliphatic heterocycles. The lowest BCUT2D eigenvalue weighted by molar-refractivity contribution is 0.0883. The van der Waals surface area contributed by atoms with E-state index >= 15 is 0 Å². The monoisotopic (exact) mass is 285 g/mol. The Morgan fingerprint density at radius 3 is 3.06 bits per heavy atom. The minimum atomic E-state index is -0.146. The van der Waals surface area contributed by atoms with Crippen LogP contribution in [0.4, 0.5) is 0 Å². The first kappa shape index (κ1) is 13.5. The number of amides is 1. The van der Waals surface area contributed by atoms with Crippen LogP contribution in [0.1, 0.15) is 16.1 Å². The van der Waals surface area contributed by atoms with Gasteiger partial charge < -0.3 is 15.2 Å². The van der Waals surface area contributed by atoms with Crippen molar-refractivity contribution in [3.8, 4) is 0 Å². The number of methoxy groups -OCH3 is 1. The lowest BCUT2D eigenvalue weighted by atomic mass is 10.2. The third-order valence-corrected chi connectivity index (χ3v) is 4.64. The summed E-state index contributed by atoms with van der Waals surface area (Å²) in [7, 11) is 1.58. The Morgan fingerprint density at radius 1 is 1.56 bits per heavy atom. The number of carbonyl (C=O) groups excluding carboxylic acids is 1. The van der Waals surface area contributed by atoms with Crippen LogP contribution in [0.5, 0.6) is 0 Å². The van der Waals surface area contributed by atoms with Crippen molar-refractivity contribution in [2.45, 2.75) is 12.5 Å². The molecule has 0 saturated heterocycles. The number of fused-ring (bicyclic) bond motifs is 1. The van der Waals surface area contributed by atoms with Gasteiger partial charge in [-0.15, -0.1) is 22.7 Å². The molecule has 0 bridgehead atoms. The average Bonchev–Trinajstić information content (AvgIpc) is 2.89. The van der Waals surface area contributed by atoms with Crippen LogP contribution in [0.15, 0.2) is 17.5 Å². The minimum Gasteiger partial charge on any atom is -0.396 e. The maximum atomic E-state index is 12.0. The Balaban J connectivity index is 2.03. The van der Waals surface area contributed by atoms with Gasteiger partial charge >= 0.3 is 0 Å². The van der Waals surface area contributed by atoms with Crippen LogP contribution >= 0.6 is 22.7 Å². The summed E-state index contributed by atoms with van der Waals surface area (Å²) in [6, 6.07) is 3.78. The Morgan fingerprint density at radius 2 is 2.39 bits per heavy atom. The molecule has 0 saturated carbocycles. The predicted molar refractivity (Wildman–Crippen MR) is 74.5 cm³/mol. The van der Waals surface area contributed by atoms with Gasteiger partial charge in [-0.25, -0.2) is 0 Å². The Hall–Kier alpha value is -0.950. The molecule has 2 N–H and O–H groups in total. The number of ether oxygens (including phenoxy) is 1. The van der Waals surface area contributed by atoms with Crippen LogP contribution in [0.25, 0.3) is 9.40 Å². The zero-order chi connectivity index (χ0) is 13.0. The van der Waals surface area contributed by atoms with Crippen molar-refractivity contribution in [3.63, 3.8) is 0 Å². The first-order chi connectivity index (χ1) is 8.74. The second-order valence-electron chi connectivity index (χ2n) is 3.90. The van der Waals surface area contributed by atoms with Gasteiger partial charge in [0.1, 0.15) is 0 Å². The van der Waals surface area contributed by atoms with Gasteiger partial charge in [0, 0.05) is 23.1 Å². The molecule has 0 fully saturated rings. The molecule has 2 aromatic heterocycles. The van der Waals surface area contributed by atoms with E-state index in [4.69, 9.17) is 9.84 Å². The predicted octanol–water partition coefficient (Wildman–Crippen LogP) is 2.09. The molecular weight excluding hydrogens is 270 g/mol. The quantitative estimate of drug-likeness (QED) is 0.854. The van der Waals surface area contributed by atoms with E-state index in [2.05, 4.69) is 5.32 Å². The summed E-state index contributed by atoms with van der Waals surface area (Å²) in [6.45, 7) is 0.444.